The topological polar surface area (TPSA) is 9.23 Å². The van der Waals surface area contributed by atoms with Crippen LogP contribution in [0.2, 0.25) is 0 Å². The summed E-state index contributed by atoms with van der Waals surface area (Å²) in [5.74, 6) is -0.993. The Morgan fingerprint density at radius 3 is 2.09 bits per heavy atom. The van der Waals surface area contributed by atoms with Gasteiger partial charge in [0.25, 0.3) is 0 Å². The molecule has 4 heteroatoms. The molecule has 0 spiro atoms. The number of hydrogen-bond acceptors (Lipinski definition) is 1. The SMILES string of the molecule is CCCCCCCCc1ccc2c(c1F)OC(F)(F)c1cc(-c3ccc(CCCC)cc3)ccc1-2. The summed E-state index contributed by atoms with van der Waals surface area (Å²) in [7, 11) is 0. The van der Waals surface area contributed by atoms with Crippen molar-refractivity contribution in [1.82, 2.24) is 0 Å². The number of ether oxygens (including phenoxy) is 1. The monoisotopic (exact) mass is 480 g/mol. The van der Waals surface area contributed by atoms with E-state index in [1.807, 2.05) is 18.2 Å². The average molecular weight is 481 g/mol. The van der Waals surface area contributed by atoms with Gasteiger partial charge < -0.3 is 4.74 Å². The lowest BCUT2D eigenvalue weighted by Gasteiger charge is -2.29. The summed E-state index contributed by atoms with van der Waals surface area (Å²) >= 11 is 0. The van der Waals surface area contributed by atoms with Crippen LogP contribution in [-0.2, 0) is 19.0 Å². The van der Waals surface area contributed by atoms with E-state index in [1.54, 1.807) is 18.2 Å². The number of halogens is 3. The first-order valence-corrected chi connectivity index (χ1v) is 13.1. The van der Waals surface area contributed by atoms with E-state index in [0.717, 1.165) is 44.1 Å². The zero-order chi connectivity index (χ0) is 24.8. The van der Waals surface area contributed by atoms with Crippen LogP contribution in [0.4, 0.5) is 13.2 Å². The molecular formula is C31H35F3O. The number of aryl methyl sites for hydroxylation is 2. The van der Waals surface area contributed by atoms with Crippen LogP contribution in [0.25, 0.3) is 22.3 Å². The van der Waals surface area contributed by atoms with E-state index >= 15 is 13.2 Å². The number of unbranched alkanes of at least 4 members (excludes halogenated alkanes) is 6. The Morgan fingerprint density at radius 1 is 0.686 bits per heavy atom. The molecule has 0 radical (unpaired) electrons. The predicted octanol–water partition coefficient (Wildman–Crippen LogP) is 9.85. The highest BCUT2D eigenvalue weighted by atomic mass is 19.3. The molecule has 1 aliphatic rings. The lowest BCUT2D eigenvalue weighted by atomic mass is 9.90. The third-order valence-corrected chi connectivity index (χ3v) is 6.94. The lowest BCUT2D eigenvalue weighted by molar-refractivity contribution is -0.188. The maximum atomic E-state index is 15.2. The summed E-state index contributed by atoms with van der Waals surface area (Å²) in [5.41, 5.74) is 3.73. The molecule has 3 aromatic carbocycles. The second kappa shape index (κ2) is 11.3. The van der Waals surface area contributed by atoms with Gasteiger partial charge in [-0.05, 0) is 59.6 Å². The van der Waals surface area contributed by atoms with Gasteiger partial charge in [-0.25, -0.2) is 4.39 Å². The summed E-state index contributed by atoms with van der Waals surface area (Å²) in [4.78, 5) is 0. The molecule has 0 fully saturated rings. The lowest BCUT2D eigenvalue weighted by Crippen LogP contribution is -2.27. The van der Waals surface area contributed by atoms with Gasteiger partial charge in [-0.2, -0.15) is 8.78 Å². The first kappa shape index (κ1) is 25.3. The van der Waals surface area contributed by atoms with Gasteiger partial charge in [-0.3, -0.25) is 0 Å². The Hall–Kier alpha value is -2.75. The van der Waals surface area contributed by atoms with E-state index in [1.165, 1.54) is 30.9 Å². The van der Waals surface area contributed by atoms with E-state index in [9.17, 15) is 0 Å². The number of hydrogen-bond donors (Lipinski definition) is 0. The fraction of sp³-hybridized carbons (Fsp3) is 0.419. The quantitative estimate of drug-likeness (QED) is 0.248. The molecule has 186 valence electrons. The highest BCUT2D eigenvalue weighted by Crippen LogP contribution is 2.49. The van der Waals surface area contributed by atoms with Gasteiger partial charge >= 0.3 is 6.11 Å². The summed E-state index contributed by atoms with van der Waals surface area (Å²) < 4.78 is 50.5. The molecule has 4 rings (SSSR count). The van der Waals surface area contributed by atoms with Crippen molar-refractivity contribution in [2.75, 3.05) is 0 Å². The fourth-order valence-electron chi connectivity index (χ4n) is 4.82. The van der Waals surface area contributed by atoms with Crippen molar-refractivity contribution in [3.63, 3.8) is 0 Å². The summed E-state index contributed by atoms with van der Waals surface area (Å²) in [6.07, 6.45) is 6.73. The Kier molecular flexibility index (Phi) is 8.20. The normalized spacial score (nSPS) is 13.7. The van der Waals surface area contributed by atoms with E-state index in [2.05, 4.69) is 26.0 Å². The van der Waals surface area contributed by atoms with Gasteiger partial charge in [0, 0.05) is 5.56 Å². The van der Waals surface area contributed by atoms with E-state index in [4.69, 9.17) is 4.74 Å². The highest BCUT2D eigenvalue weighted by Gasteiger charge is 2.43. The smallest absolute Gasteiger partial charge is 0.425 e. The van der Waals surface area contributed by atoms with Crippen LogP contribution in [-0.4, -0.2) is 0 Å². The van der Waals surface area contributed by atoms with Crippen LogP contribution in [0, 0.1) is 5.82 Å². The molecule has 35 heavy (non-hydrogen) atoms. The molecule has 1 nitrogen and oxygen atoms in total. The van der Waals surface area contributed by atoms with Gasteiger partial charge in [0.1, 0.15) is 0 Å². The Balaban J connectivity index is 1.57. The molecular weight excluding hydrogens is 445 g/mol. The number of rotatable bonds is 11. The van der Waals surface area contributed by atoms with Crippen molar-refractivity contribution in [1.29, 1.82) is 0 Å². The standard InChI is InChI=1S/C31H35F3O/c1-3-5-7-8-9-10-12-24-17-20-27-26-19-18-25(23-15-13-22(14-16-23)11-6-4-2)21-28(26)31(33,34)35-30(27)29(24)32/h13-21H,3-12H2,1-2H3. The molecule has 0 saturated heterocycles. The van der Waals surface area contributed by atoms with E-state index < -0.39 is 11.9 Å². The van der Waals surface area contributed by atoms with Gasteiger partial charge in [-0.15, -0.1) is 0 Å². The zero-order valence-corrected chi connectivity index (χ0v) is 20.8. The zero-order valence-electron chi connectivity index (χ0n) is 20.8. The van der Waals surface area contributed by atoms with Crippen molar-refractivity contribution < 1.29 is 17.9 Å². The molecule has 0 aliphatic carbocycles. The minimum absolute atomic E-state index is 0.222. The van der Waals surface area contributed by atoms with Gasteiger partial charge in [0.2, 0.25) is 0 Å². The van der Waals surface area contributed by atoms with E-state index in [-0.39, 0.29) is 11.3 Å². The molecule has 3 aromatic rings. The molecule has 0 saturated carbocycles. The molecule has 0 atom stereocenters. The third-order valence-electron chi connectivity index (χ3n) is 6.94. The number of benzene rings is 3. The van der Waals surface area contributed by atoms with Crippen LogP contribution < -0.4 is 4.74 Å². The minimum Gasteiger partial charge on any atom is -0.425 e. The van der Waals surface area contributed by atoms with Crippen molar-refractivity contribution in [3.05, 3.63) is 77.1 Å². The Bertz CT molecular complexity index is 1130. The van der Waals surface area contributed by atoms with Gasteiger partial charge in [0.15, 0.2) is 11.6 Å². The average Bonchev–Trinajstić information content (AvgIpc) is 2.86. The van der Waals surface area contributed by atoms with Crippen molar-refractivity contribution in [3.8, 4) is 28.0 Å². The number of fused-ring (bicyclic) bond motifs is 3. The molecule has 1 heterocycles. The summed E-state index contributed by atoms with van der Waals surface area (Å²) in [5, 5.41) is 0. The van der Waals surface area contributed by atoms with Gasteiger partial charge in [-0.1, -0.05) is 101 Å². The molecule has 0 amide bonds. The molecule has 0 bridgehead atoms. The third kappa shape index (κ3) is 5.74. The summed E-state index contributed by atoms with van der Waals surface area (Å²) in [6.45, 7) is 4.33. The van der Waals surface area contributed by atoms with Crippen LogP contribution in [0.1, 0.15) is 81.9 Å². The minimum atomic E-state index is -3.60. The molecule has 1 aliphatic heterocycles. The van der Waals surface area contributed by atoms with Crippen LogP contribution in [0.5, 0.6) is 5.75 Å². The highest BCUT2D eigenvalue weighted by molar-refractivity contribution is 5.80. The second-order valence-electron chi connectivity index (χ2n) is 9.61. The second-order valence-corrected chi connectivity index (χ2v) is 9.61. The van der Waals surface area contributed by atoms with Crippen molar-refractivity contribution in [2.24, 2.45) is 0 Å². The number of alkyl halides is 2. The van der Waals surface area contributed by atoms with Crippen molar-refractivity contribution >= 4 is 0 Å². The molecule has 0 N–H and O–H groups in total. The van der Waals surface area contributed by atoms with Crippen LogP contribution in [0.3, 0.4) is 0 Å². The molecule has 0 aromatic heterocycles. The predicted molar refractivity (Wildman–Crippen MR) is 137 cm³/mol. The van der Waals surface area contributed by atoms with Crippen LogP contribution in [0.15, 0.2) is 54.6 Å². The van der Waals surface area contributed by atoms with Gasteiger partial charge in [0.05, 0.1) is 5.56 Å². The van der Waals surface area contributed by atoms with Crippen molar-refractivity contribution in [2.45, 2.75) is 84.2 Å². The maximum Gasteiger partial charge on any atom is 0.427 e. The largest absolute Gasteiger partial charge is 0.427 e. The Labute approximate surface area is 207 Å². The fourth-order valence-corrected chi connectivity index (χ4v) is 4.82. The maximum absolute atomic E-state index is 15.2. The van der Waals surface area contributed by atoms with E-state index in [0.29, 0.717) is 28.7 Å². The summed E-state index contributed by atoms with van der Waals surface area (Å²) in [6, 6.07) is 16.4. The van der Waals surface area contributed by atoms with Crippen LogP contribution >= 0.6 is 0 Å². The first-order chi connectivity index (χ1) is 16.9. The molecule has 0 unspecified atom stereocenters. The first-order valence-electron chi connectivity index (χ1n) is 13.1. The Morgan fingerprint density at radius 2 is 1.34 bits per heavy atom.